The lowest BCUT2D eigenvalue weighted by molar-refractivity contribution is 0.106. The third-order valence-corrected chi connectivity index (χ3v) is 3.84. The number of nitriles is 1. The zero-order chi connectivity index (χ0) is 21.6. The fourth-order valence-electron chi connectivity index (χ4n) is 2.46. The molecule has 0 unspecified atom stereocenters. The van der Waals surface area contributed by atoms with Crippen molar-refractivity contribution < 1.29 is 23.8 Å². The molecule has 9 heteroatoms. The summed E-state index contributed by atoms with van der Waals surface area (Å²) >= 11 is 0. The second kappa shape index (κ2) is 13.0. The Hall–Kier alpha value is -3.35. The van der Waals surface area contributed by atoms with E-state index in [1.165, 1.54) is 0 Å². The van der Waals surface area contributed by atoms with Gasteiger partial charge < -0.3 is 30.5 Å². The van der Waals surface area contributed by atoms with Gasteiger partial charge in [-0.05, 0) is 24.3 Å². The summed E-state index contributed by atoms with van der Waals surface area (Å²) in [5.74, 6) is 0.900. The van der Waals surface area contributed by atoms with E-state index in [0.29, 0.717) is 35.8 Å². The molecule has 0 bridgehead atoms. The Kier molecular flexibility index (Phi) is 9.92. The number of hydrogen-bond acceptors (Lipinski definition) is 6. The van der Waals surface area contributed by atoms with Gasteiger partial charge in [-0.25, -0.2) is 9.18 Å². The van der Waals surface area contributed by atoms with Gasteiger partial charge in [0, 0.05) is 31.4 Å². The van der Waals surface area contributed by atoms with E-state index in [2.05, 4.69) is 16.0 Å². The Bertz CT molecular complexity index is 844. The summed E-state index contributed by atoms with van der Waals surface area (Å²) in [5.41, 5.74) is 0.939. The van der Waals surface area contributed by atoms with Gasteiger partial charge >= 0.3 is 6.03 Å². The van der Waals surface area contributed by atoms with Crippen LogP contribution in [0.2, 0.25) is 0 Å². The summed E-state index contributed by atoms with van der Waals surface area (Å²) in [6, 6.07) is 15.1. The summed E-state index contributed by atoms with van der Waals surface area (Å²) in [7, 11) is 0. The number of urea groups is 1. The molecular formula is C21H25FN4O4. The van der Waals surface area contributed by atoms with Crippen molar-refractivity contribution in [3.05, 3.63) is 54.1 Å². The van der Waals surface area contributed by atoms with Crippen molar-refractivity contribution in [2.75, 3.05) is 44.8 Å². The average Bonchev–Trinajstić information content (AvgIpc) is 2.76. The lowest BCUT2D eigenvalue weighted by Crippen LogP contribution is -2.38. The first-order valence-corrected chi connectivity index (χ1v) is 9.46. The van der Waals surface area contributed by atoms with E-state index in [-0.39, 0.29) is 19.8 Å². The van der Waals surface area contributed by atoms with E-state index >= 15 is 0 Å². The number of aliphatic hydroxyl groups is 1. The van der Waals surface area contributed by atoms with Crippen molar-refractivity contribution >= 4 is 11.7 Å². The molecule has 1 atom stereocenters. The summed E-state index contributed by atoms with van der Waals surface area (Å²) < 4.78 is 22.8. The number of carbonyl (C=O) groups is 1. The predicted octanol–water partition coefficient (Wildman–Crippen LogP) is 2.06. The van der Waals surface area contributed by atoms with Crippen LogP contribution in [0.4, 0.5) is 14.9 Å². The van der Waals surface area contributed by atoms with Gasteiger partial charge in [-0.3, -0.25) is 0 Å². The van der Waals surface area contributed by atoms with Crippen molar-refractivity contribution in [3.63, 3.8) is 0 Å². The van der Waals surface area contributed by atoms with Gasteiger partial charge in [0.2, 0.25) is 0 Å². The van der Waals surface area contributed by atoms with Crippen LogP contribution in [0.15, 0.2) is 48.5 Å². The zero-order valence-corrected chi connectivity index (χ0v) is 16.4. The first-order chi connectivity index (χ1) is 14.6. The van der Waals surface area contributed by atoms with Crippen LogP contribution in [0.5, 0.6) is 11.5 Å². The number of carbonyl (C=O) groups excluding carboxylic acids is 1. The number of ether oxygens (including phenoxy) is 2. The Labute approximate surface area is 174 Å². The minimum Gasteiger partial charge on any atom is -0.491 e. The van der Waals surface area contributed by atoms with Crippen molar-refractivity contribution in [3.8, 4) is 17.6 Å². The molecule has 2 aromatic carbocycles. The molecule has 0 heterocycles. The summed E-state index contributed by atoms with van der Waals surface area (Å²) in [6.07, 6.45) is -0.766. The monoisotopic (exact) mass is 415 g/mol. The van der Waals surface area contributed by atoms with Gasteiger partial charge in [0.25, 0.3) is 0 Å². The number of hydrogen-bond donors (Lipinski definition) is 4. The second-order valence-electron chi connectivity index (χ2n) is 6.22. The lowest BCUT2D eigenvalue weighted by Gasteiger charge is -2.14. The van der Waals surface area contributed by atoms with E-state index in [4.69, 9.17) is 14.7 Å². The molecule has 4 N–H and O–H groups in total. The molecule has 0 aromatic heterocycles. The lowest BCUT2D eigenvalue weighted by atomic mass is 10.2. The van der Waals surface area contributed by atoms with Gasteiger partial charge in [0.1, 0.15) is 43.6 Å². The summed E-state index contributed by atoms with van der Waals surface area (Å²) in [6.45, 7) is 0.474. The van der Waals surface area contributed by atoms with E-state index in [9.17, 15) is 14.3 Å². The smallest absolute Gasteiger partial charge is 0.319 e. The molecule has 0 aliphatic rings. The Balaban J connectivity index is 1.59. The molecule has 2 amide bonds. The van der Waals surface area contributed by atoms with Crippen LogP contribution in [0.3, 0.4) is 0 Å². The molecule has 0 aliphatic carbocycles. The number of amides is 2. The fourth-order valence-corrected chi connectivity index (χ4v) is 2.46. The molecule has 30 heavy (non-hydrogen) atoms. The van der Waals surface area contributed by atoms with E-state index < -0.39 is 18.8 Å². The molecule has 0 saturated heterocycles. The number of alkyl halides is 1. The molecular weight excluding hydrogens is 390 g/mol. The maximum absolute atomic E-state index is 12.1. The number of rotatable bonds is 12. The Morgan fingerprint density at radius 1 is 1.17 bits per heavy atom. The third-order valence-electron chi connectivity index (χ3n) is 3.84. The van der Waals surface area contributed by atoms with Gasteiger partial charge in [-0.1, -0.05) is 18.2 Å². The first-order valence-electron chi connectivity index (χ1n) is 9.46. The molecule has 160 valence electrons. The SMILES string of the molecule is N#Cc1ccccc1OC[C@@H](O)CNCCNC(=O)Nc1cccc(OCC[18F])c1. The standard InChI is InChI=1S/C21H25FN4O4/c22-8-11-29-19-6-3-5-17(12-19)26-21(28)25-10-9-24-14-18(27)15-30-20-7-2-1-4-16(20)13-23/h1-7,12,18,24,27H,8-11,14-15H2,(H2,25,26,28)/t18-/m0/s1/i22-1. The maximum Gasteiger partial charge on any atom is 0.319 e. The Morgan fingerprint density at radius 2 is 2.00 bits per heavy atom. The van der Waals surface area contributed by atoms with Crippen molar-refractivity contribution in [2.24, 2.45) is 0 Å². The second-order valence-corrected chi connectivity index (χ2v) is 6.22. The largest absolute Gasteiger partial charge is 0.491 e. The predicted molar refractivity (Wildman–Crippen MR) is 110 cm³/mol. The third kappa shape index (κ3) is 8.34. The summed E-state index contributed by atoms with van der Waals surface area (Å²) in [5, 5.41) is 27.3. The van der Waals surface area contributed by atoms with Crippen molar-refractivity contribution in [1.29, 1.82) is 5.26 Å². The van der Waals surface area contributed by atoms with Gasteiger partial charge in [-0.15, -0.1) is 0 Å². The van der Waals surface area contributed by atoms with Crippen LogP contribution in [-0.2, 0) is 0 Å². The number of anilines is 1. The molecule has 0 aliphatic heterocycles. The van der Waals surface area contributed by atoms with Crippen LogP contribution < -0.4 is 25.4 Å². The van der Waals surface area contributed by atoms with Gasteiger partial charge in [-0.2, -0.15) is 5.26 Å². The zero-order valence-electron chi connectivity index (χ0n) is 16.4. The Morgan fingerprint density at radius 3 is 2.80 bits per heavy atom. The van der Waals surface area contributed by atoms with Gasteiger partial charge in [0.15, 0.2) is 0 Å². The number of nitrogens with zero attached hydrogens (tertiary/aromatic N) is 1. The minimum absolute atomic E-state index is 0.0386. The molecule has 0 saturated carbocycles. The highest BCUT2D eigenvalue weighted by atomic mass is 18.2. The van der Waals surface area contributed by atoms with Crippen LogP contribution >= 0.6 is 0 Å². The van der Waals surface area contributed by atoms with Gasteiger partial charge in [0.05, 0.1) is 5.56 Å². The highest BCUT2D eigenvalue weighted by molar-refractivity contribution is 5.89. The highest BCUT2D eigenvalue weighted by Gasteiger charge is 2.08. The van der Waals surface area contributed by atoms with Crippen molar-refractivity contribution in [2.45, 2.75) is 6.10 Å². The van der Waals surface area contributed by atoms with E-state index in [1.54, 1.807) is 48.5 Å². The first kappa shape index (κ1) is 22.9. The fraction of sp³-hybridized carbons (Fsp3) is 0.333. The highest BCUT2D eigenvalue weighted by Crippen LogP contribution is 2.17. The topological polar surface area (TPSA) is 116 Å². The minimum atomic E-state index is -0.766. The van der Waals surface area contributed by atoms with E-state index in [0.717, 1.165) is 0 Å². The van der Waals surface area contributed by atoms with Crippen LogP contribution in [0.25, 0.3) is 0 Å². The number of para-hydroxylation sites is 1. The van der Waals surface area contributed by atoms with E-state index in [1.807, 2.05) is 6.07 Å². The molecule has 0 radical (unpaired) electrons. The maximum atomic E-state index is 12.1. The molecule has 0 fully saturated rings. The molecule has 2 aromatic rings. The quantitative estimate of drug-likeness (QED) is 0.395. The molecule has 8 nitrogen and oxygen atoms in total. The average molecular weight is 415 g/mol. The van der Waals surface area contributed by atoms with Crippen LogP contribution in [0.1, 0.15) is 5.56 Å². The van der Waals surface area contributed by atoms with Crippen molar-refractivity contribution in [1.82, 2.24) is 10.6 Å². The molecule has 2 rings (SSSR count). The van der Waals surface area contributed by atoms with Crippen LogP contribution in [0, 0.1) is 11.3 Å². The van der Waals surface area contributed by atoms with Crippen LogP contribution in [-0.4, -0.2) is 56.8 Å². The number of halogens is 1. The normalized spacial score (nSPS) is 11.2. The summed E-state index contributed by atoms with van der Waals surface area (Å²) in [4.78, 5) is 11.9. The number of benzene rings is 2. The molecule has 0 spiro atoms. The number of aliphatic hydroxyl groups excluding tert-OH is 1. The number of nitrogens with one attached hydrogen (secondary N) is 3.